The molecule has 0 amide bonds. The molecule has 0 N–H and O–H groups in total. The summed E-state index contributed by atoms with van der Waals surface area (Å²) in [5.41, 5.74) is -1.47. The quantitative estimate of drug-likeness (QED) is 0.452. The Balaban J connectivity index is 3.19. The van der Waals surface area contributed by atoms with E-state index in [1.165, 1.54) is 12.1 Å². The van der Waals surface area contributed by atoms with E-state index in [-0.39, 0.29) is 0 Å². The van der Waals surface area contributed by atoms with Crippen molar-refractivity contribution < 1.29 is 22.8 Å². The van der Waals surface area contributed by atoms with Crippen molar-refractivity contribution in [3.63, 3.8) is 0 Å². The third kappa shape index (κ3) is 2.79. The van der Waals surface area contributed by atoms with E-state index in [1.807, 2.05) is 0 Å². The normalized spacial score (nSPS) is 11.7. The molecule has 0 bridgehead atoms. The average Bonchev–Trinajstić information content (AvgIpc) is 2.24. The van der Waals surface area contributed by atoms with Gasteiger partial charge in [-0.3, -0.25) is 9.59 Å². The molecule has 1 aromatic rings. The van der Waals surface area contributed by atoms with E-state index in [0.717, 1.165) is 24.3 Å². The van der Waals surface area contributed by atoms with Gasteiger partial charge in [0.1, 0.15) is 6.29 Å². The van der Waals surface area contributed by atoms with Crippen molar-refractivity contribution in [2.75, 3.05) is 0 Å². The first-order valence-corrected chi connectivity index (χ1v) is 4.29. The summed E-state index contributed by atoms with van der Waals surface area (Å²) in [6.45, 7) is 0. The molecule has 0 radical (unpaired) electrons. The molecule has 0 saturated heterocycles. The maximum absolute atomic E-state index is 12.5. The van der Waals surface area contributed by atoms with E-state index < -0.39 is 23.1 Å². The fourth-order valence-electron chi connectivity index (χ4n) is 1.16. The summed E-state index contributed by atoms with van der Waals surface area (Å²) in [7, 11) is 0. The minimum atomic E-state index is -4.58. The van der Waals surface area contributed by atoms with Gasteiger partial charge in [0, 0.05) is 5.56 Å². The van der Waals surface area contributed by atoms with E-state index in [1.54, 1.807) is 0 Å². The largest absolute Gasteiger partial charge is 0.417 e. The molecule has 0 saturated carbocycles. The molecular formula is C11H7F3O2. The lowest BCUT2D eigenvalue weighted by molar-refractivity contribution is -0.137. The molecule has 1 aromatic carbocycles. The predicted octanol–water partition coefficient (Wildman–Crippen LogP) is 2.64. The number of rotatable bonds is 3. The van der Waals surface area contributed by atoms with Crippen LogP contribution >= 0.6 is 0 Å². The lowest BCUT2D eigenvalue weighted by atomic mass is 10.0. The number of carbonyl (C=O) groups excluding carboxylic acids is 2. The molecule has 0 aliphatic carbocycles. The van der Waals surface area contributed by atoms with Gasteiger partial charge in [0.15, 0.2) is 5.78 Å². The van der Waals surface area contributed by atoms with Crippen molar-refractivity contribution in [1.29, 1.82) is 0 Å². The molecule has 0 fully saturated rings. The minimum Gasteiger partial charge on any atom is -0.299 e. The fourth-order valence-corrected chi connectivity index (χ4v) is 1.16. The molecule has 84 valence electrons. The summed E-state index contributed by atoms with van der Waals surface area (Å²) in [6.07, 6.45) is -2.59. The highest BCUT2D eigenvalue weighted by molar-refractivity contribution is 6.07. The van der Waals surface area contributed by atoms with Crippen molar-refractivity contribution in [3.05, 3.63) is 47.5 Å². The maximum Gasteiger partial charge on any atom is 0.417 e. The van der Waals surface area contributed by atoms with Crippen LogP contribution in [-0.2, 0) is 11.0 Å². The van der Waals surface area contributed by atoms with Crippen LogP contribution in [0.3, 0.4) is 0 Å². The standard InChI is InChI=1S/C11H7F3O2/c12-11(13,14)9-5-2-1-4-8(9)10(16)6-3-7-15/h1-7H. The third-order valence-electron chi connectivity index (χ3n) is 1.82. The molecule has 2 nitrogen and oxygen atoms in total. The summed E-state index contributed by atoms with van der Waals surface area (Å²) in [6, 6.07) is 4.42. The summed E-state index contributed by atoms with van der Waals surface area (Å²) < 4.78 is 37.5. The Hall–Kier alpha value is -1.91. The van der Waals surface area contributed by atoms with Crippen molar-refractivity contribution in [1.82, 2.24) is 0 Å². The zero-order valence-electron chi connectivity index (χ0n) is 7.99. The number of hydrogen-bond acceptors (Lipinski definition) is 2. The van der Waals surface area contributed by atoms with E-state index >= 15 is 0 Å². The van der Waals surface area contributed by atoms with Crippen LogP contribution < -0.4 is 0 Å². The Labute approximate surface area is 89.4 Å². The first-order chi connectivity index (χ1) is 7.46. The molecule has 1 rings (SSSR count). The average molecular weight is 228 g/mol. The Morgan fingerprint density at radius 3 is 2.38 bits per heavy atom. The second-order valence-corrected chi connectivity index (χ2v) is 2.90. The fraction of sp³-hybridized carbons (Fsp3) is 0.0909. The molecule has 0 aliphatic heterocycles. The molecule has 0 unspecified atom stereocenters. The highest BCUT2D eigenvalue weighted by Crippen LogP contribution is 2.32. The smallest absolute Gasteiger partial charge is 0.299 e. The maximum atomic E-state index is 12.5. The Morgan fingerprint density at radius 2 is 1.81 bits per heavy atom. The number of hydrogen-bond donors (Lipinski definition) is 0. The van der Waals surface area contributed by atoms with Crippen LogP contribution in [0, 0.1) is 0 Å². The number of allylic oxidation sites excluding steroid dienone is 2. The van der Waals surface area contributed by atoms with Crippen molar-refractivity contribution >= 4 is 12.1 Å². The van der Waals surface area contributed by atoms with Gasteiger partial charge >= 0.3 is 6.18 Å². The van der Waals surface area contributed by atoms with Crippen LogP contribution in [0.4, 0.5) is 13.2 Å². The molecule has 0 spiro atoms. The number of alkyl halides is 3. The van der Waals surface area contributed by atoms with Gasteiger partial charge in [-0.15, -0.1) is 0 Å². The lowest BCUT2D eigenvalue weighted by Gasteiger charge is -2.09. The van der Waals surface area contributed by atoms with Crippen LogP contribution in [0.2, 0.25) is 0 Å². The van der Waals surface area contributed by atoms with Gasteiger partial charge in [-0.05, 0) is 18.2 Å². The Morgan fingerprint density at radius 1 is 1.19 bits per heavy atom. The number of aldehydes is 1. The second-order valence-electron chi connectivity index (χ2n) is 2.90. The topological polar surface area (TPSA) is 34.1 Å². The van der Waals surface area contributed by atoms with Gasteiger partial charge < -0.3 is 0 Å². The third-order valence-corrected chi connectivity index (χ3v) is 1.82. The van der Waals surface area contributed by atoms with E-state index in [4.69, 9.17) is 0 Å². The molecule has 0 aliphatic rings. The van der Waals surface area contributed by atoms with Crippen molar-refractivity contribution in [2.24, 2.45) is 0 Å². The number of halogens is 3. The van der Waals surface area contributed by atoms with Crippen molar-refractivity contribution in [3.8, 4) is 0 Å². The zero-order valence-corrected chi connectivity index (χ0v) is 7.99. The summed E-state index contributed by atoms with van der Waals surface area (Å²) in [4.78, 5) is 21.3. The van der Waals surface area contributed by atoms with Crippen LogP contribution in [0.1, 0.15) is 15.9 Å². The number of benzene rings is 1. The van der Waals surface area contributed by atoms with Crippen LogP contribution in [0.5, 0.6) is 0 Å². The van der Waals surface area contributed by atoms with Crippen LogP contribution in [0.15, 0.2) is 36.4 Å². The molecule has 0 heterocycles. The lowest BCUT2D eigenvalue weighted by Crippen LogP contribution is -2.11. The summed E-state index contributed by atoms with van der Waals surface area (Å²) >= 11 is 0. The highest BCUT2D eigenvalue weighted by atomic mass is 19.4. The van der Waals surface area contributed by atoms with E-state index in [9.17, 15) is 22.8 Å². The second kappa shape index (κ2) is 4.74. The number of ketones is 1. The van der Waals surface area contributed by atoms with E-state index in [0.29, 0.717) is 6.29 Å². The number of carbonyl (C=O) groups is 2. The zero-order chi connectivity index (χ0) is 12.2. The molecule has 16 heavy (non-hydrogen) atoms. The Kier molecular flexibility index (Phi) is 3.60. The van der Waals surface area contributed by atoms with Crippen LogP contribution in [0.25, 0.3) is 0 Å². The molecule has 0 aromatic heterocycles. The minimum absolute atomic E-state index is 0.327. The van der Waals surface area contributed by atoms with Crippen LogP contribution in [-0.4, -0.2) is 12.1 Å². The van der Waals surface area contributed by atoms with E-state index in [2.05, 4.69) is 0 Å². The van der Waals surface area contributed by atoms with Gasteiger partial charge in [-0.2, -0.15) is 13.2 Å². The monoisotopic (exact) mass is 228 g/mol. The van der Waals surface area contributed by atoms with Gasteiger partial charge in [-0.25, -0.2) is 0 Å². The van der Waals surface area contributed by atoms with Gasteiger partial charge in [0.2, 0.25) is 0 Å². The first kappa shape index (κ1) is 12.2. The van der Waals surface area contributed by atoms with Gasteiger partial charge in [-0.1, -0.05) is 18.2 Å². The van der Waals surface area contributed by atoms with Crippen molar-refractivity contribution in [2.45, 2.75) is 6.18 Å². The summed E-state index contributed by atoms with van der Waals surface area (Å²) in [5, 5.41) is 0. The van der Waals surface area contributed by atoms with Gasteiger partial charge in [0.05, 0.1) is 5.56 Å². The molecule has 5 heteroatoms. The predicted molar refractivity (Wildman–Crippen MR) is 51.0 cm³/mol. The molecular weight excluding hydrogens is 221 g/mol. The first-order valence-electron chi connectivity index (χ1n) is 4.29. The highest BCUT2D eigenvalue weighted by Gasteiger charge is 2.34. The molecule has 0 atom stereocenters. The van der Waals surface area contributed by atoms with Gasteiger partial charge in [0.25, 0.3) is 0 Å². The Bertz CT molecular complexity index is 433. The summed E-state index contributed by atoms with van der Waals surface area (Å²) in [5.74, 6) is -0.847. The SMILES string of the molecule is O=CC=CC(=O)c1ccccc1C(F)(F)F.